The SMILES string of the molecule is Cc1cc(C)c(C(C)(C)CC(=O)OCC(C)(C)C)c(OP(=O)(O)O)c1. The van der Waals surface area contributed by atoms with Gasteiger partial charge in [-0.05, 0) is 36.5 Å². The van der Waals surface area contributed by atoms with Crippen LogP contribution in [0.2, 0.25) is 0 Å². The lowest BCUT2D eigenvalue weighted by Gasteiger charge is -2.29. The van der Waals surface area contributed by atoms with E-state index in [1.807, 2.05) is 54.5 Å². The van der Waals surface area contributed by atoms with Crippen molar-refractivity contribution in [2.24, 2.45) is 5.41 Å². The van der Waals surface area contributed by atoms with Crippen LogP contribution in [0.5, 0.6) is 5.75 Å². The second-order valence-corrected chi connectivity index (χ2v) is 9.48. The van der Waals surface area contributed by atoms with E-state index in [0.29, 0.717) is 12.2 Å². The summed E-state index contributed by atoms with van der Waals surface area (Å²) in [5.74, 6) is -0.263. The molecule has 0 radical (unpaired) electrons. The van der Waals surface area contributed by atoms with Crippen LogP contribution >= 0.6 is 7.82 Å². The summed E-state index contributed by atoms with van der Waals surface area (Å²) in [5, 5.41) is 0. The molecule has 0 saturated carbocycles. The van der Waals surface area contributed by atoms with Crippen LogP contribution in [0.4, 0.5) is 0 Å². The van der Waals surface area contributed by atoms with Crippen molar-refractivity contribution in [1.29, 1.82) is 0 Å². The van der Waals surface area contributed by atoms with Gasteiger partial charge in [0, 0.05) is 11.0 Å². The van der Waals surface area contributed by atoms with E-state index in [2.05, 4.69) is 0 Å². The predicted octanol–water partition coefficient (Wildman–Crippen LogP) is 4.03. The highest BCUT2D eigenvalue weighted by Crippen LogP contribution is 2.45. The van der Waals surface area contributed by atoms with Gasteiger partial charge in [0.15, 0.2) is 0 Å². The molecular formula is C18H29O6P. The quantitative estimate of drug-likeness (QED) is 0.578. The van der Waals surface area contributed by atoms with Gasteiger partial charge in [0.25, 0.3) is 0 Å². The third kappa shape index (κ3) is 7.18. The van der Waals surface area contributed by atoms with Crippen LogP contribution in [0.15, 0.2) is 12.1 Å². The van der Waals surface area contributed by atoms with Crippen LogP contribution < -0.4 is 4.52 Å². The number of benzene rings is 1. The van der Waals surface area contributed by atoms with Crippen LogP contribution in [0.3, 0.4) is 0 Å². The van der Waals surface area contributed by atoms with Gasteiger partial charge in [0.2, 0.25) is 0 Å². The summed E-state index contributed by atoms with van der Waals surface area (Å²) < 4.78 is 21.5. The Morgan fingerprint density at radius 2 is 1.68 bits per heavy atom. The number of hydrogen-bond acceptors (Lipinski definition) is 4. The van der Waals surface area contributed by atoms with Crippen molar-refractivity contribution < 1.29 is 28.4 Å². The lowest BCUT2D eigenvalue weighted by atomic mass is 9.78. The molecule has 0 aliphatic rings. The van der Waals surface area contributed by atoms with Gasteiger partial charge in [0.1, 0.15) is 5.75 Å². The summed E-state index contributed by atoms with van der Waals surface area (Å²) in [4.78, 5) is 30.6. The zero-order valence-corrected chi connectivity index (χ0v) is 16.9. The maximum absolute atomic E-state index is 12.2. The maximum Gasteiger partial charge on any atom is 0.524 e. The van der Waals surface area contributed by atoms with Gasteiger partial charge in [-0.3, -0.25) is 14.6 Å². The van der Waals surface area contributed by atoms with E-state index in [1.165, 1.54) is 0 Å². The lowest BCUT2D eigenvalue weighted by Crippen LogP contribution is -2.27. The first-order valence-corrected chi connectivity index (χ1v) is 9.66. The summed E-state index contributed by atoms with van der Waals surface area (Å²) in [6.45, 7) is 13.5. The minimum absolute atomic E-state index is 0.0739. The van der Waals surface area contributed by atoms with Crippen LogP contribution in [0, 0.1) is 19.3 Å². The third-order valence-corrected chi connectivity index (χ3v) is 4.02. The van der Waals surface area contributed by atoms with Crippen molar-refractivity contribution in [3.8, 4) is 5.75 Å². The first-order valence-electron chi connectivity index (χ1n) is 8.13. The van der Waals surface area contributed by atoms with Crippen LogP contribution in [-0.4, -0.2) is 22.4 Å². The highest BCUT2D eigenvalue weighted by atomic mass is 31.2. The van der Waals surface area contributed by atoms with Crippen LogP contribution in [-0.2, 0) is 19.5 Å². The molecule has 142 valence electrons. The Bertz CT molecular complexity index is 682. The number of phosphoric acid groups is 1. The van der Waals surface area contributed by atoms with Gasteiger partial charge in [-0.25, -0.2) is 4.57 Å². The Kier molecular flexibility index (Phi) is 6.49. The Morgan fingerprint density at radius 1 is 1.12 bits per heavy atom. The molecule has 0 bridgehead atoms. The highest BCUT2D eigenvalue weighted by molar-refractivity contribution is 7.46. The highest BCUT2D eigenvalue weighted by Gasteiger charge is 2.32. The number of carbonyl (C=O) groups excluding carboxylic acids is 1. The van der Waals surface area contributed by atoms with E-state index in [1.54, 1.807) is 6.07 Å². The van der Waals surface area contributed by atoms with Crippen molar-refractivity contribution in [3.63, 3.8) is 0 Å². The number of esters is 1. The molecule has 6 nitrogen and oxygen atoms in total. The molecule has 0 aromatic heterocycles. The molecule has 0 spiro atoms. The van der Waals surface area contributed by atoms with Gasteiger partial charge in [-0.15, -0.1) is 0 Å². The normalized spacial score (nSPS) is 12.8. The number of rotatable bonds is 6. The molecule has 0 unspecified atom stereocenters. The topological polar surface area (TPSA) is 93.1 Å². The standard InChI is InChI=1S/C18H29O6P/c1-12-8-13(2)16(14(9-12)24-25(20,21)22)18(6,7)10-15(19)23-11-17(3,4)5/h8-9H,10-11H2,1-7H3,(H2,20,21,22). The smallest absolute Gasteiger partial charge is 0.465 e. The molecule has 0 amide bonds. The molecule has 0 atom stereocenters. The van der Waals surface area contributed by atoms with Crippen molar-refractivity contribution in [1.82, 2.24) is 0 Å². The predicted molar refractivity (Wildman–Crippen MR) is 96.6 cm³/mol. The van der Waals surface area contributed by atoms with Crippen LogP contribution in [0.1, 0.15) is 57.7 Å². The largest absolute Gasteiger partial charge is 0.524 e. The van der Waals surface area contributed by atoms with Gasteiger partial charge in [-0.2, -0.15) is 0 Å². The molecule has 0 heterocycles. The van der Waals surface area contributed by atoms with E-state index in [9.17, 15) is 19.1 Å². The van der Waals surface area contributed by atoms with Gasteiger partial charge in [-0.1, -0.05) is 40.7 Å². The number of carbonyl (C=O) groups is 1. The van der Waals surface area contributed by atoms with Gasteiger partial charge < -0.3 is 9.26 Å². The molecule has 0 saturated heterocycles. The van der Waals surface area contributed by atoms with E-state index >= 15 is 0 Å². The minimum atomic E-state index is -4.71. The number of aryl methyl sites for hydroxylation is 2. The fraction of sp³-hybridized carbons (Fsp3) is 0.611. The average molecular weight is 372 g/mol. The molecule has 2 N–H and O–H groups in total. The first-order chi connectivity index (χ1) is 11.1. The molecule has 7 heteroatoms. The molecule has 0 aliphatic heterocycles. The number of hydrogen-bond donors (Lipinski definition) is 2. The first kappa shape index (κ1) is 21.7. The summed E-state index contributed by atoms with van der Waals surface area (Å²) >= 11 is 0. The molecular weight excluding hydrogens is 343 g/mol. The number of phosphoric ester groups is 1. The second-order valence-electron chi connectivity index (χ2n) is 8.32. The molecule has 0 aliphatic carbocycles. The van der Waals surface area contributed by atoms with E-state index in [0.717, 1.165) is 11.1 Å². The Morgan fingerprint density at radius 3 is 2.16 bits per heavy atom. The zero-order chi connectivity index (χ0) is 19.6. The zero-order valence-electron chi connectivity index (χ0n) is 16.0. The minimum Gasteiger partial charge on any atom is -0.465 e. The summed E-state index contributed by atoms with van der Waals surface area (Å²) in [5.41, 5.74) is 1.37. The van der Waals surface area contributed by atoms with E-state index in [-0.39, 0.29) is 23.6 Å². The molecule has 1 aromatic carbocycles. The van der Waals surface area contributed by atoms with E-state index in [4.69, 9.17) is 9.26 Å². The Labute approximate surface area is 149 Å². The van der Waals surface area contributed by atoms with Crippen LogP contribution in [0.25, 0.3) is 0 Å². The van der Waals surface area contributed by atoms with Crippen molar-refractivity contribution in [2.75, 3.05) is 6.61 Å². The summed E-state index contributed by atoms with van der Waals surface area (Å²) in [6, 6.07) is 3.47. The fourth-order valence-corrected chi connectivity index (χ4v) is 3.19. The lowest BCUT2D eigenvalue weighted by molar-refractivity contribution is -0.147. The molecule has 1 rings (SSSR count). The maximum atomic E-state index is 12.2. The van der Waals surface area contributed by atoms with Gasteiger partial charge >= 0.3 is 13.8 Å². The van der Waals surface area contributed by atoms with E-state index < -0.39 is 13.2 Å². The second kappa shape index (κ2) is 7.48. The van der Waals surface area contributed by atoms with Crippen molar-refractivity contribution in [3.05, 3.63) is 28.8 Å². The third-order valence-electron chi connectivity index (χ3n) is 3.59. The van der Waals surface area contributed by atoms with Crippen molar-refractivity contribution >= 4 is 13.8 Å². The summed E-state index contributed by atoms with van der Waals surface area (Å²) in [7, 11) is -4.71. The molecule has 0 fully saturated rings. The molecule has 25 heavy (non-hydrogen) atoms. The molecule has 1 aromatic rings. The van der Waals surface area contributed by atoms with Gasteiger partial charge in [0.05, 0.1) is 13.0 Å². The Hall–Kier alpha value is -1.36. The van der Waals surface area contributed by atoms with Crippen molar-refractivity contribution in [2.45, 2.75) is 60.3 Å². The summed E-state index contributed by atoms with van der Waals surface area (Å²) in [6.07, 6.45) is 0.0739. The number of ether oxygens (including phenoxy) is 1. The fourth-order valence-electron chi connectivity index (χ4n) is 2.79. The Balaban J connectivity index is 3.15. The monoisotopic (exact) mass is 372 g/mol. The average Bonchev–Trinajstić information content (AvgIpc) is 2.31.